The van der Waals surface area contributed by atoms with Gasteiger partial charge in [0.1, 0.15) is 5.60 Å². The van der Waals surface area contributed by atoms with Crippen molar-refractivity contribution in [3.05, 3.63) is 0 Å². The van der Waals surface area contributed by atoms with E-state index in [1.54, 1.807) is 0 Å². The fourth-order valence-electron chi connectivity index (χ4n) is 2.40. The Kier molecular flexibility index (Phi) is 4.84. The van der Waals surface area contributed by atoms with E-state index in [1.165, 1.54) is 6.42 Å². The Labute approximate surface area is 106 Å². The van der Waals surface area contributed by atoms with Crippen molar-refractivity contribution in [2.75, 3.05) is 6.54 Å². The summed E-state index contributed by atoms with van der Waals surface area (Å²) in [6, 6.07) is 0.368. The fourth-order valence-corrected chi connectivity index (χ4v) is 2.40. The number of rotatable bonds is 2. The molecule has 2 atom stereocenters. The number of nitrogens with zero attached hydrogens (tertiary/aromatic N) is 1. The molecule has 1 heterocycles. The molecular formula is C14H27NO2. The predicted octanol–water partition coefficient (Wildman–Crippen LogP) is 3.82. The second-order valence-corrected chi connectivity index (χ2v) is 6.05. The number of hydrogen-bond acceptors (Lipinski definition) is 2. The Morgan fingerprint density at radius 3 is 2.35 bits per heavy atom. The van der Waals surface area contributed by atoms with E-state index < -0.39 is 5.60 Å². The molecule has 0 aromatic carbocycles. The minimum Gasteiger partial charge on any atom is -0.444 e. The van der Waals surface area contributed by atoms with Crippen LogP contribution in [0, 0.1) is 5.92 Å². The summed E-state index contributed by atoms with van der Waals surface area (Å²) in [6.07, 6.45) is 4.40. The maximum atomic E-state index is 12.1. The Morgan fingerprint density at radius 2 is 1.88 bits per heavy atom. The molecule has 0 N–H and O–H groups in total. The van der Waals surface area contributed by atoms with Crippen molar-refractivity contribution in [3.8, 4) is 0 Å². The highest BCUT2D eigenvalue weighted by Gasteiger charge is 2.32. The number of carbonyl (C=O) groups excluding carboxylic acids is 1. The smallest absolute Gasteiger partial charge is 0.410 e. The molecule has 1 aliphatic rings. The van der Waals surface area contributed by atoms with Gasteiger partial charge >= 0.3 is 6.09 Å². The van der Waals surface area contributed by atoms with Gasteiger partial charge in [-0.2, -0.15) is 0 Å². The third-order valence-electron chi connectivity index (χ3n) is 3.48. The number of likely N-dealkylation sites (tertiary alicyclic amines) is 1. The van der Waals surface area contributed by atoms with Crippen molar-refractivity contribution in [2.45, 2.75) is 71.9 Å². The molecule has 3 heteroatoms. The zero-order valence-corrected chi connectivity index (χ0v) is 12.0. The van der Waals surface area contributed by atoms with E-state index in [9.17, 15) is 4.79 Å². The second-order valence-electron chi connectivity index (χ2n) is 6.05. The summed E-state index contributed by atoms with van der Waals surface area (Å²) in [5.74, 6) is 0.644. The second kappa shape index (κ2) is 5.74. The van der Waals surface area contributed by atoms with Crippen molar-refractivity contribution >= 4 is 6.09 Å². The largest absolute Gasteiger partial charge is 0.444 e. The van der Waals surface area contributed by atoms with Crippen LogP contribution in [-0.2, 0) is 4.74 Å². The third-order valence-corrected chi connectivity index (χ3v) is 3.48. The molecule has 0 spiro atoms. The highest BCUT2D eigenvalue weighted by molar-refractivity contribution is 5.68. The van der Waals surface area contributed by atoms with Gasteiger partial charge in [0.25, 0.3) is 0 Å². The normalized spacial score (nSPS) is 25.8. The van der Waals surface area contributed by atoms with Gasteiger partial charge in [-0.3, -0.25) is 0 Å². The van der Waals surface area contributed by atoms with Crippen LogP contribution in [0.4, 0.5) is 4.79 Å². The molecule has 1 saturated heterocycles. The highest BCUT2D eigenvalue weighted by Crippen LogP contribution is 2.27. The Balaban J connectivity index is 2.66. The van der Waals surface area contributed by atoms with Crippen LogP contribution in [0.3, 0.4) is 0 Å². The first-order chi connectivity index (χ1) is 7.87. The van der Waals surface area contributed by atoms with Gasteiger partial charge in [0.15, 0.2) is 0 Å². The van der Waals surface area contributed by atoms with Gasteiger partial charge < -0.3 is 9.64 Å². The molecule has 0 aromatic heterocycles. The lowest BCUT2D eigenvalue weighted by molar-refractivity contribution is 0.00214. The molecular weight excluding hydrogens is 214 g/mol. The molecule has 0 aromatic rings. The fraction of sp³-hybridized carbons (Fsp3) is 0.929. The standard InChI is InChI=1S/C14H27NO2/c1-6-11-8-9-12(7-2)15(10-11)13(16)17-14(3,4)5/h11-12H,6-10H2,1-5H3/t11-,12-/m1/s1. The third kappa shape index (κ3) is 4.21. The molecule has 1 fully saturated rings. The number of ether oxygens (including phenoxy) is 1. The molecule has 1 rings (SSSR count). The molecule has 100 valence electrons. The van der Waals surface area contributed by atoms with Crippen LogP contribution in [-0.4, -0.2) is 29.2 Å². The monoisotopic (exact) mass is 241 g/mol. The summed E-state index contributed by atoms with van der Waals surface area (Å²) >= 11 is 0. The van der Waals surface area contributed by atoms with E-state index in [0.29, 0.717) is 12.0 Å². The van der Waals surface area contributed by atoms with Crippen LogP contribution >= 0.6 is 0 Å². The van der Waals surface area contributed by atoms with E-state index in [1.807, 2.05) is 25.7 Å². The summed E-state index contributed by atoms with van der Waals surface area (Å²) in [5, 5.41) is 0. The van der Waals surface area contributed by atoms with E-state index in [0.717, 1.165) is 25.8 Å². The topological polar surface area (TPSA) is 29.5 Å². The van der Waals surface area contributed by atoms with Crippen molar-refractivity contribution in [1.29, 1.82) is 0 Å². The van der Waals surface area contributed by atoms with Gasteiger partial charge in [-0.25, -0.2) is 4.79 Å². The minimum atomic E-state index is -0.394. The van der Waals surface area contributed by atoms with E-state index in [4.69, 9.17) is 4.74 Å². The first-order valence-electron chi connectivity index (χ1n) is 6.87. The lowest BCUT2D eigenvalue weighted by Gasteiger charge is -2.39. The van der Waals surface area contributed by atoms with Crippen LogP contribution in [0.15, 0.2) is 0 Å². The first-order valence-corrected chi connectivity index (χ1v) is 6.87. The van der Waals surface area contributed by atoms with Gasteiger partial charge in [0.05, 0.1) is 0 Å². The number of amides is 1. The molecule has 0 saturated carbocycles. The number of carbonyl (C=O) groups is 1. The van der Waals surface area contributed by atoms with Crippen molar-refractivity contribution < 1.29 is 9.53 Å². The SMILES string of the molecule is CC[C@@H]1CC[C@@H](CC)N(C(=O)OC(C)(C)C)C1. The average molecular weight is 241 g/mol. The van der Waals surface area contributed by atoms with Crippen LogP contribution in [0.1, 0.15) is 60.3 Å². The van der Waals surface area contributed by atoms with Gasteiger partial charge in [-0.15, -0.1) is 0 Å². The zero-order chi connectivity index (χ0) is 13.1. The summed E-state index contributed by atoms with van der Waals surface area (Å²) in [6.45, 7) is 11.0. The highest BCUT2D eigenvalue weighted by atomic mass is 16.6. The quantitative estimate of drug-likeness (QED) is 0.735. The van der Waals surface area contributed by atoms with Gasteiger partial charge in [-0.05, 0) is 46.0 Å². The van der Waals surface area contributed by atoms with Gasteiger partial charge in [0.2, 0.25) is 0 Å². The van der Waals surface area contributed by atoms with Crippen LogP contribution in [0.5, 0.6) is 0 Å². The predicted molar refractivity (Wildman–Crippen MR) is 70.0 cm³/mol. The molecule has 0 bridgehead atoms. The van der Waals surface area contributed by atoms with Gasteiger partial charge in [-0.1, -0.05) is 20.3 Å². The van der Waals surface area contributed by atoms with E-state index >= 15 is 0 Å². The molecule has 17 heavy (non-hydrogen) atoms. The zero-order valence-electron chi connectivity index (χ0n) is 12.0. The first kappa shape index (κ1) is 14.3. The van der Waals surface area contributed by atoms with E-state index in [2.05, 4.69) is 13.8 Å². The number of hydrogen-bond donors (Lipinski definition) is 0. The lowest BCUT2D eigenvalue weighted by atomic mass is 9.90. The molecule has 3 nitrogen and oxygen atoms in total. The van der Waals surface area contributed by atoms with Crippen molar-refractivity contribution in [3.63, 3.8) is 0 Å². The minimum absolute atomic E-state index is 0.137. The average Bonchev–Trinajstić information content (AvgIpc) is 2.25. The summed E-state index contributed by atoms with van der Waals surface area (Å²) < 4.78 is 5.49. The summed E-state index contributed by atoms with van der Waals surface area (Å²) in [4.78, 5) is 14.1. The molecule has 0 unspecified atom stereocenters. The molecule has 0 aliphatic carbocycles. The van der Waals surface area contributed by atoms with Crippen LogP contribution < -0.4 is 0 Å². The summed E-state index contributed by atoms with van der Waals surface area (Å²) in [7, 11) is 0. The lowest BCUT2D eigenvalue weighted by Crippen LogP contribution is -2.48. The molecule has 0 radical (unpaired) electrons. The Hall–Kier alpha value is -0.730. The van der Waals surface area contributed by atoms with Crippen molar-refractivity contribution in [2.24, 2.45) is 5.92 Å². The van der Waals surface area contributed by atoms with Crippen molar-refractivity contribution in [1.82, 2.24) is 4.90 Å². The maximum Gasteiger partial charge on any atom is 0.410 e. The summed E-state index contributed by atoms with van der Waals surface area (Å²) in [5.41, 5.74) is -0.394. The van der Waals surface area contributed by atoms with E-state index in [-0.39, 0.29) is 6.09 Å². The van der Waals surface area contributed by atoms with Crippen LogP contribution in [0.2, 0.25) is 0 Å². The number of piperidine rings is 1. The van der Waals surface area contributed by atoms with Crippen LogP contribution in [0.25, 0.3) is 0 Å². The maximum absolute atomic E-state index is 12.1. The Morgan fingerprint density at radius 1 is 1.24 bits per heavy atom. The Bertz CT molecular complexity index is 257. The molecule has 1 aliphatic heterocycles. The molecule has 1 amide bonds. The van der Waals surface area contributed by atoms with Gasteiger partial charge in [0, 0.05) is 12.6 Å².